The Morgan fingerprint density at radius 2 is 1.29 bits per heavy atom. The van der Waals surface area contributed by atoms with Crippen LogP contribution >= 0.6 is 0 Å². The number of hydrogen-bond donors (Lipinski definition) is 0. The molecule has 3 aromatic rings. The number of carbonyl (C=O) groups is 1. The molecule has 2 aromatic carbocycles. The van der Waals surface area contributed by atoms with E-state index >= 15 is 0 Å². The maximum Gasteiger partial charge on any atom is 0.250 e. The van der Waals surface area contributed by atoms with Gasteiger partial charge in [-0.1, -0.05) is 41.5 Å². The topological polar surface area (TPSA) is 57.9 Å². The van der Waals surface area contributed by atoms with Crippen molar-refractivity contribution in [1.29, 1.82) is 0 Å². The number of rotatable bonds is 7. The van der Waals surface area contributed by atoms with Gasteiger partial charge in [0.2, 0.25) is 16.6 Å². The van der Waals surface area contributed by atoms with Crippen LogP contribution in [0, 0.1) is 0 Å². The third-order valence-electron chi connectivity index (χ3n) is 7.48. The molecule has 0 bridgehead atoms. The molecule has 0 fully saturated rings. The number of furan rings is 1. The lowest BCUT2D eigenvalue weighted by molar-refractivity contribution is 0.112. The van der Waals surface area contributed by atoms with Crippen molar-refractivity contribution >= 4 is 33.9 Å². The van der Waals surface area contributed by atoms with Gasteiger partial charge < -0.3 is 18.0 Å². The number of fused-ring (bicyclic) bond motifs is 1. The van der Waals surface area contributed by atoms with Crippen molar-refractivity contribution in [3.63, 3.8) is 0 Å². The second kappa shape index (κ2) is 9.17. The predicted octanol–water partition coefficient (Wildman–Crippen LogP) is 8.69. The molecule has 1 heterocycles. The second-order valence-electron chi connectivity index (χ2n) is 12.3. The summed E-state index contributed by atoms with van der Waals surface area (Å²) in [6.07, 6.45) is 0.813. The second-order valence-corrected chi connectivity index (χ2v) is 21.7. The van der Waals surface area contributed by atoms with Crippen molar-refractivity contribution in [1.82, 2.24) is 0 Å². The van der Waals surface area contributed by atoms with Crippen LogP contribution in [-0.4, -0.2) is 30.0 Å². The van der Waals surface area contributed by atoms with Crippen LogP contribution in [0.15, 0.2) is 40.8 Å². The minimum atomic E-state index is -2.08. The zero-order valence-electron chi connectivity index (χ0n) is 23.1. The van der Waals surface area contributed by atoms with Crippen LogP contribution in [-0.2, 0) is 0 Å². The Labute approximate surface area is 212 Å². The van der Waals surface area contributed by atoms with Crippen molar-refractivity contribution in [2.45, 2.75) is 77.8 Å². The first-order valence-electron chi connectivity index (χ1n) is 12.1. The summed E-state index contributed by atoms with van der Waals surface area (Å²) >= 11 is 0. The number of carbonyl (C=O) groups excluding carboxylic acids is 1. The highest BCUT2D eigenvalue weighted by atomic mass is 28.4. The van der Waals surface area contributed by atoms with E-state index in [1.807, 2.05) is 24.3 Å². The summed E-state index contributed by atoms with van der Waals surface area (Å²) in [5.74, 6) is 2.76. The minimum Gasteiger partial charge on any atom is -0.543 e. The van der Waals surface area contributed by atoms with E-state index in [1.54, 1.807) is 19.2 Å². The Morgan fingerprint density at radius 1 is 0.771 bits per heavy atom. The van der Waals surface area contributed by atoms with Crippen LogP contribution in [0.2, 0.25) is 36.3 Å². The first-order valence-corrected chi connectivity index (χ1v) is 17.9. The normalized spacial score (nSPS) is 13.1. The number of methoxy groups -OCH3 is 1. The number of aldehydes is 1. The van der Waals surface area contributed by atoms with Gasteiger partial charge in [-0.15, -0.1) is 0 Å². The molecule has 0 aliphatic carbocycles. The molecule has 0 aliphatic rings. The van der Waals surface area contributed by atoms with E-state index in [0.717, 1.165) is 28.7 Å². The summed E-state index contributed by atoms with van der Waals surface area (Å²) in [4.78, 5) is 11.4. The standard InChI is InChI=1S/C28H40O5Si2/c1-27(2,3)34(8,9)32-22-14-20(15-23(17-22)33-35(10,11)28(4,5)6)24-16-21-12-19(18-29)13-25(30-7)26(21)31-24/h12-18H,1-11H3. The molecule has 0 saturated heterocycles. The fraction of sp³-hybridized carbons (Fsp3) is 0.464. The number of ether oxygens (including phenoxy) is 1. The Morgan fingerprint density at radius 3 is 1.71 bits per heavy atom. The molecule has 0 aliphatic heterocycles. The summed E-state index contributed by atoms with van der Waals surface area (Å²) < 4.78 is 25.1. The van der Waals surface area contributed by atoms with Crippen LogP contribution < -0.4 is 13.6 Å². The van der Waals surface area contributed by atoms with Gasteiger partial charge in [0.05, 0.1) is 7.11 Å². The van der Waals surface area contributed by atoms with Gasteiger partial charge in [-0.05, 0) is 66.6 Å². The van der Waals surface area contributed by atoms with Gasteiger partial charge in [-0.3, -0.25) is 4.79 Å². The predicted molar refractivity (Wildman–Crippen MR) is 149 cm³/mol. The smallest absolute Gasteiger partial charge is 0.250 e. The van der Waals surface area contributed by atoms with Gasteiger partial charge in [-0.2, -0.15) is 0 Å². The fourth-order valence-electron chi connectivity index (χ4n) is 3.23. The average Bonchev–Trinajstić information content (AvgIpc) is 3.14. The van der Waals surface area contributed by atoms with Crippen LogP contribution in [0.5, 0.6) is 17.2 Å². The zero-order chi connectivity index (χ0) is 26.4. The molecular formula is C28H40O5Si2. The highest BCUT2D eigenvalue weighted by Crippen LogP contribution is 2.43. The van der Waals surface area contributed by atoms with Crippen LogP contribution in [0.4, 0.5) is 0 Å². The van der Waals surface area contributed by atoms with E-state index in [4.69, 9.17) is 18.0 Å². The first kappa shape index (κ1) is 27.1. The molecule has 0 saturated carbocycles. The summed E-state index contributed by atoms with van der Waals surface area (Å²) in [5, 5.41) is 0.923. The third kappa shape index (κ3) is 5.67. The van der Waals surface area contributed by atoms with Crippen LogP contribution in [0.25, 0.3) is 22.3 Å². The quantitative estimate of drug-likeness (QED) is 0.234. The molecule has 3 rings (SSSR count). The van der Waals surface area contributed by atoms with Gasteiger partial charge in [0.25, 0.3) is 0 Å². The van der Waals surface area contributed by atoms with E-state index in [-0.39, 0.29) is 10.1 Å². The van der Waals surface area contributed by atoms with E-state index in [0.29, 0.717) is 22.7 Å². The first-order chi connectivity index (χ1) is 16.0. The third-order valence-corrected chi connectivity index (χ3v) is 16.2. The van der Waals surface area contributed by atoms with E-state index in [9.17, 15) is 4.79 Å². The van der Waals surface area contributed by atoms with Crippen molar-refractivity contribution in [3.05, 3.63) is 42.0 Å². The maximum absolute atomic E-state index is 11.4. The number of benzene rings is 2. The molecule has 0 unspecified atom stereocenters. The average molecular weight is 513 g/mol. The van der Waals surface area contributed by atoms with Crippen molar-refractivity contribution in [2.75, 3.05) is 7.11 Å². The maximum atomic E-state index is 11.4. The van der Waals surface area contributed by atoms with E-state index in [1.165, 1.54) is 0 Å². The molecular weight excluding hydrogens is 472 g/mol. The lowest BCUT2D eigenvalue weighted by atomic mass is 10.1. The highest BCUT2D eigenvalue weighted by Gasteiger charge is 2.40. The Balaban J connectivity index is 2.17. The molecule has 190 valence electrons. The fourth-order valence-corrected chi connectivity index (χ4v) is 5.26. The van der Waals surface area contributed by atoms with Gasteiger partial charge in [0.1, 0.15) is 23.5 Å². The van der Waals surface area contributed by atoms with E-state index < -0.39 is 16.6 Å². The Bertz CT molecular complexity index is 1180. The van der Waals surface area contributed by atoms with Crippen molar-refractivity contribution in [3.8, 4) is 28.6 Å². The molecule has 0 radical (unpaired) electrons. The van der Waals surface area contributed by atoms with Gasteiger partial charge in [0.15, 0.2) is 11.3 Å². The molecule has 7 heteroatoms. The summed E-state index contributed by atoms with van der Waals surface area (Å²) in [6.45, 7) is 22.3. The Hall–Kier alpha value is -2.52. The molecule has 1 aromatic heterocycles. The highest BCUT2D eigenvalue weighted by molar-refractivity contribution is 6.75. The summed E-state index contributed by atoms with van der Waals surface area (Å²) in [7, 11) is -2.59. The molecule has 5 nitrogen and oxygen atoms in total. The molecule has 35 heavy (non-hydrogen) atoms. The number of hydrogen-bond acceptors (Lipinski definition) is 5. The molecule has 0 atom stereocenters. The van der Waals surface area contributed by atoms with Crippen molar-refractivity contribution in [2.24, 2.45) is 0 Å². The van der Waals surface area contributed by atoms with Crippen molar-refractivity contribution < 1.29 is 22.8 Å². The SMILES string of the molecule is COc1cc(C=O)cc2cc(-c3cc(O[Si](C)(C)C(C)(C)C)cc(O[Si](C)(C)C(C)(C)C)c3)oc12. The lowest BCUT2D eigenvalue weighted by Crippen LogP contribution is -2.44. The Kier molecular flexibility index (Phi) is 7.09. The molecule has 0 amide bonds. The van der Waals surface area contributed by atoms with E-state index in [2.05, 4.69) is 67.7 Å². The minimum absolute atomic E-state index is 0.0570. The largest absolute Gasteiger partial charge is 0.543 e. The molecule has 0 spiro atoms. The molecule has 0 N–H and O–H groups in total. The lowest BCUT2D eigenvalue weighted by Gasteiger charge is -2.38. The van der Waals surface area contributed by atoms with Gasteiger partial charge in [0, 0.05) is 22.6 Å². The monoisotopic (exact) mass is 512 g/mol. The zero-order valence-corrected chi connectivity index (χ0v) is 25.1. The van der Waals surface area contributed by atoms with Crippen LogP contribution in [0.3, 0.4) is 0 Å². The van der Waals surface area contributed by atoms with Gasteiger partial charge in [-0.25, -0.2) is 0 Å². The van der Waals surface area contributed by atoms with Gasteiger partial charge >= 0.3 is 0 Å². The van der Waals surface area contributed by atoms with Crippen LogP contribution in [0.1, 0.15) is 51.9 Å². The summed E-state index contributed by atoms with van der Waals surface area (Å²) in [5.41, 5.74) is 2.01. The summed E-state index contributed by atoms with van der Waals surface area (Å²) in [6, 6.07) is 11.5.